The molecule has 0 N–H and O–H groups in total. The topological polar surface area (TPSA) is 6.48 Å². The minimum atomic E-state index is -0.104. The molecular formula is C60H55BN2S. The Morgan fingerprint density at radius 2 is 1.00 bits per heavy atom. The molecular weight excluding hydrogens is 792 g/mol. The first-order valence-electron chi connectivity index (χ1n) is 22.9. The highest BCUT2D eigenvalue weighted by Crippen LogP contribution is 2.52. The summed E-state index contributed by atoms with van der Waals surface area (Å²) in [5.41, 5.74) is 20.1. The molecule has 0 radical (unpaired) electrons. The summed E-state index contributed by atoms with van der Waals surface area (Å²) in [6.45, 7) is 20.8. The number of nitrogens with zero attached hydrogens (tertiary/aromatic N) is 2. The van der Waals surface area contributed by atoms with Crippen molar-refractivity contribution in [2.45, 2.75) is 78.6 Å². The fourth-order valence-electron chi connectivity index (χ4n) is 10.2. The van der Waals surface area contributed by atoms with Crippen molar-refractivity contribution >= 4 is 77.7 Å². The van der Waals surface area contributed by atoms with Crippen LogP contribution in [0.2, 0.25) is 0 Å². The van der Waals surface area contributed by atoms with Crippen LogP contribution < -0.4 is 20.6 Å². The lowest BCUT2D eigenvalue weighted by Gasteiger charge is -2.46. The van der Waals surface area contributed by atoms with Gasteiger partial charge < -0.3 is 9.71 Å². The van der Waals surface area contributed by atoms with Gasteiger partial charge in [-0.05, 0) is 127 Å². The van der Waals surface area contributed by atoms with Crippen molar-refractivity contribution in [2.24, 2.45) is 0 Å². The smallest absolute Gasteiger partial charge is 0.333 e. The lowest BCUT2D eigenvalue weighted by atomic mass is 9.43. The van der Waals surface area contributed by atoms with Crippen LogP contribution in [0, 0.1) is 0 Å². The second-order valence-corrected chi connectivity index (χ2v) is 22.1. The predicted molar refractivity (Wildman–Crippen MR) is 280 cm³/mol. The summed E-state index contributed by atoms with van der Waals surface area (Å²) in [4.78, 5) is 5.31. The molecule has 8 aromatic carbocycles. The fourth-order valence-corrected chi connectivity index (χ4v) is 11.3. The quantitative estimate of drug-likeness (QED) is 0.163. The minimum Gasteiger partial charge on any atom is -0.376 e. The van der Waals surface area contributed by atoms with E-state index in [0.29, 0.717) is 0 Å². The van der Waals surface area contributed by atoms with Crippen LogP contribution in [0.25, 0.3) is 53.6 Å². The molecule has 9 aromatic rings. The Balaban J connectivity index is 1.30. The maximum Gasteiger partial charge on any atom is 0.333 e. The van der Waals surface area contributed by atoms with Gasteiger partial charge in [0, 0.05) is 54.0 Å². The van der Waals surface area contributed by atoms with Gasteiger partial charge in [-0.1, -0.05) is 172 Å². The van der Waals surface area contributed by atoms with E-state index in [0.717, 1.165) is 0 Å². The average molecular weight is 847 g/mol. The van der Waals surface area contributed by atoms with Gasteiger partial charge >= 0.3 is 6.85 Å². The standard InChI is InChI=1S/C60H55BN2S/c1-58(2,3)41-24-28-44(29-25-41)63-52-35-43(60(7,8)9)26-30-45(52)49-32-40(38-18-12-10-13-19-38)33-54-57(49)61(63)50-37-56-48(46-22-16-17-23-55(46)64-56)36-53(50)62(54)51-31-27-42(59(4,5)6)34-47(51)39-20-14-11-15-21-39/h10-37H,1-9H3. The molecule has 0 unspecified atom stereocenters. The van der Waals surface area contributed by atoms with Crippen molar-refractivity contribution < 1.29 is 0 Å². The SMILES string of the molecule is CC(C)(C)c1ccc(N2B3c4cc5sc6ccccc6c5cc4N(c4ccc(C(C)(C)C)cc4-c4ccccc4)c4cc(-c5ccccc5)cc(c43)-c3ccc(C(C)(C)C)cc32)cc1. The Hall–Kier alpha value is -6.36. The Bertz CT molecular complexity index is 3270. The molecule has 0 bridgehead atoms. The molecule has 4 heteroatoms. The lowest BCUT2D eigenvalue weighted by molar-refractivity contribution is 0.590. The van der Waals surface area contributed by atoms with Gasteiger partial charge in [0.2, 0.25) is 0 Å². The maximum atomic E-state index is 2.68. The molecule has 64 heavy (non-hydrogen) atoms. The first-order valence-corrected chi connectivity index (χ1v) is 23.7. The van der Waals surface area contributed by atoms with Gasteiger partial charge in [-0.2, -0.15) is 0 Å². The van der Waals surface area contributed by atoms with Gasteiger partial charge in [-0.25, -0.2) is 0 Å². The second kappa shape index (κ2) is 14.6. The van der Waals surface area contributed by atoms with E-state index in [1.165, 1.54) is 110 Å². The summed E-state index contributed by atoms with van der Waals surface area (Å²) >= 11 is 1.91. The van der Waals surface area contributed by atoms with Crippen LogP contribution in [0.3, 0.4) is 0 Å². The molecule has 2 aliphatic rings. The molecule has 0 amide bonds. The molecule has 0 saturated heterocycles. The van der Waals surface area contributed by atoms with Crippen LogP contribution in [0.15, 0.2) is 170 Å². The summed E-state index contributed by atoms with van der Waals surface area (Å²) in [5.74, 6) is 0. The summed E-state index contributed by atoms with van der Waals surface area (Å²) in [6.07, 6.45) is 0. The van der Waals surface area contributed by atoms with Crippen molar-refractivity contribution in [3.63, 3.8) is 0 Å². The summed E-state index contributed by atoms with van der Waals surface area (Å²) in [6, 6.07) is 64.9. The third-order valence-electron chi connectivity index (χ3n) is 13.7. The van der Waals surface area contributed by atoms with E-state index in [1.54, 1.807) is 0 Å². The van der Waals surface area contributed by atoms with E-state index < -0.39 is 0 Å². The van der Waals surface area contributed by atoms with Gasteiger partial charge in [-0.3, -0.25) is 0 Å². The van der Waals surface area contributed by atoms with Crippen LogP contribution in [0.4, 0.5) is 28.4 Å². The normalized spacial score (nSPS) is 13.6. The van der Waals surface area contributed by atoms with Crippen molar-refractivity contribution in [1.82, 2.24) is 0 Å². The molecule has 0 fully saturated rings. The molecule has 1 aromatic heterocycles. The van der Waals surface area contributed by atoms with Crippen LogP contribution >= 0.6 is 11.3 Å². The van der Waals surface area contributed by atoms with Crippen molar-refractivity contribution in [3.8, 4) is 33.4 Å². The number of rotatable bonds is 4. The number of benzene rings is 8. The Kier molecular flexibility index (Phi) is 9.21. The van der Waals surface area contributed by atoms with Crippen LogP contribution in [-0.2, 0) is 16.2 Å². The molecule has 2 nitrogen and oxygen atoms in total. The zero-order chi connectivity index (χ0) is 44.3. The molecule has 2 aliphatic heterocycles. The first-order chi connectivity index (χ1) is 30.6. The van der Waals surface area contributed by atoms with E-state index in [9.17, 15) is 0 Å². The van der Waals surface area contributed by atoms with Crippen molar-refractivity contribution in [1.29, 1.82) is 0 Å². The van der Waals surface area contributed by atoms with E-state index in [2.05, 4.69) is 242 Å². The highest BCUT2D eigenvalue weighted by atomic mass is 32.1. The first kappa shape index (κ1) is 40.4. The Morgan fingerprint density at radius 1 is 0.391 bits per heavy atom. The van der Waals surface area contributed by atoms with Crippen LogP contribution in [-0.4, -0.2) is 6.85 Å². The average Bonchev–Trinajstić information content (AvgIpc) is 3.65. The predicted octanol–water partition coefficient (Wildman–Crippen LogP) is 16.0. The number of fused-ring (bicyclic) bond motifs is 7. The number of hydrogen-bond donors (Lipinski definition) is 0. The van der Waals surface area contributed by atoms with Crippen molar-refractivity contribution in [3.05, 3.63) is 187 Å². The minimum absolute atomic E-state index is 0.0280. The third kappa shape index (κ3) is 6.60. The van der Waals surface area contributed by atoms with E-state index in [4.69, 9.17) is 0 Å². The van der Waals surface area contributed by atoms with Gasteiger partial charge in [0.25, 0.3) is 0 Å². The highest BCUT2D eigenvalue weighted by molar-refractivity contribution is 7.26. The largest absolute Gasteiger partial charge is 0.376 e. The number of anilines is 5. The van der Waals surface area contributed by atoms with Crippen molar-refractivity contribution in [2.75, 3.05) is 9.71 Å². The number of hydrogen-bond acceptors (Lipinski definition) is 3. The monoisotopic (exact) mass is 846 g/mol. The Morgan fingerprint density at radius 3 is 1.69 bits per heavy atom. The van der Waals surface area contributed by atoms with Gasteiger partial charge in [0.1, 0.15) is 0 Å². The van der Waals surface area contributed by atoms with Crippen LogP contribution in [0.5, 0.6) is 0 Å². The number of thiophene rings is 1. The summed E-state index contributed by atoms with van der Waals surface area (Å²) in [5, 5.41) is 2.60. The molecule has 314 valence electrons. The maximum absolute atomic E-state index is 2.68. The van der Waals surface area contributed by atoms with Gasteiger partial charge in [-0.15, -0.1) is 11.3 Å². The van der Waals surface area contributed by atoms with E-state index in [1.807, 2.05) is 11.3 Å². The van der Waals surface area contributed by atoms with E-state index in [-0.39, 0.29) is 23.1 Å². The lowest BCUT2D eigenvalue weighted by Crippen LogP contribution is -2.61. The summed E-state index contributed by atoms with van der Waals surface area (Å²) < 4.78 is 2.63. The van der Waals surface area contributed by atoms with Gasteiger partial charge in [0.05, 0.1) is 5.69 Å². The summed E-state index contributed by atoms with van der Waals surface area (Å²) in [7, 11) is 0. The molecule has 3 heterocycles. The molecule has 0 aliphatic carbocycles. The second-order valence-electron chi connectivity index (χ2n) is 21.1. The zero-order valence-corrected chi connectivity index (χ0v) is 39.4. The zero-order valence-electron chi connectivity index (χ0n) is 38.5. The molecule has 0 spiro atoms. The molecule has 0 atom stereocenters. The highest BCUT2D eigenvalue weighted by Gasteiger charge is 2.46. The molecule has 0 saturated carbocycles. The fraction of sp³-hybridized carbons (Fsp3) is 0.200. The Labute approximate surface area is 384 Å². The molecule has 11 rings (SSSR count). The third-order valence-corrected chi connectivity index (χ3v) is 14.8. The van der Waals surface area contributed by atoms with Gasteiger partial charge in [0.15, 0.2) is 0 Å². The van der Waals surface area contributed by atoms with E-state index >= 15 is 0 Å². The van der Waals surface area contributed by atoms with Crippen LogP contribution in [0.1, 0.15) is 79.0 Å².